The number of hydrogen-bond donors (Lipinski definition) is 1. The number of methoxy groups -OCH3 is 2. The molecule has 3 rings (SSSR count). The van der Waals surface area contributed by atoms with Gasteiger partial charge in [0, 0.05) is 62.1 Å². The highest BCUT2D eigenvalue weighted by Crippen LogP contribution is 2.32. The van der Waals surface area contributed by atoms with Crippen LogP contribution >= 0.6 is 0 Å². The summed E-state index contributed by atoms with van der Waals surface area (Å²) in [6.07, 6.45) is 0.756. The summed E-state index contributed by atoms with van der Waals surface area (Å²) in [7, 11) is 3.40. The van der Waals surface area contributed by atoms with Crippen LogP contribution in [0.3, 0.4) is 0 Å². The molecule has 1 saturated heterocycles. The molecule has 1 atom stereocenters. The van der Waals surface area contributed by atoms with Crippen LogP contribution in [0, 0.1) is 6.92 Å². The van der Waals surface area contributed by atoms with Crippen molar-refractivity contribution in [3.05, 3.63) is 53.1 Å². The first kappa shape index (κ1) is 23.4. The van der Waals surface area contributed by atoms with Gasteiger partial charge in [-0.15, -0.1) is 0 Å². The van der Waals surface area contributed by atoms with E-state index in [4.69, 9.17) is 14.2 Å². The minimum Gasteiger partial charge on any atom is -0.496 e. The van der Waals surface area contributed by atoms with Gasteiger partial charge in [0.1, 0.15) is 17.2 Å². The molecule has 1 N–H and O–H groups in total. The Morgan fingerprint density at radius 1 is 0.968 bits per heavy atom. The van der Waals surface area contributed by atoms with Crippen molar-refractivity contribution in [3.8, 4) is 17.2 Å². The number of benzene rings is 2. The number of ether oxygens (including phenoxy) is 3. The number of nitrogens with zero attached hydrogens (tertiary/aromatic N) is 2. The molecule has 6 heteroatoms. The fourth-order valence-electron chi connectivity index (χ4n) is 4.48. The Labute approximate surface area is 186 Å². The van der Waals surface area contributed by atoms with Crippen molar-refractivity contribution in [2.75, 3.05) is 47.1 Å². The van der Waals surface area contributed by atoms with Gasteiger partial charge in [-0.05, 0) is 32.4 Å². The lowest BCUT2D eigenvalue weighted by Gasteiger charge is -2.41. The van der Waals surface area contributed by atoms with Crippen molar-refractivity contribution in [1.82, 2.24) is 9.80 Å². The predicted molar refractivity (Wildman–Crippen MR) is 123 cm³/mol. The van der Waals surface area contributed by atoms with Crippen molar-refractivity contribution in [2.24, 2.45) is 0 Å². The zero-order chi connectivity index (χ0) is 22.2. The van der Waals surface area contributed by atoms with Gasteiger partial charge >= 0.3 is 0 Å². The topological polar surface area (TPSA) is 54.4 Å². The van der Waals surface area contributed by atoms with E-state index in [9.17, 15) is 5.11 Å². The number of aliphatic hydroxyl groups excluding tert-OH is 1. The summed E-state index contributed by atoms with van der Waals surface area (Å²) in [6, 6.07) is 12.6. The molecule has 170 valence electrons. The van der Waals surface area contributed by atoms with Crippen molar-refractivity contribution in [2.45, 2.75) is 39.4 Å². The minimum absolute atomic E-state index is 0.188. The highest BCUT2D eigenvalue weighted by molar-refractivity contribution is 5.49. The van der Waals surface area contributed by atoms with Gasteiger partial charge < -0.3 is 19.3 Å². The van der Waals surface area contributed by atoms with Gasteiger partial charge in [0.2, 0.25) is 0 Å². The van der Waals surface area contributed by atoms with Crippen LogP contribution in [0.15, 0.2) is 36.4 Å². The third kappa shape index (κ3) is 5.70. The zero-order valence-electron chi connectivity index (χ0n) is 19.3. The summed E-state index contributed by atoms with van der Waals surface area (Å²) < 4.78 is 17.0. The molecule has 31 heavy (non-hydrogen) atoms. The Morgan fingerprint density at radius 3 is 2.48 bits per heavy atom. The van der Waals surface area contributed by atoms with Crippen LogP contribution in [0.25, 0.3) is 0 Å². The van der Waals surface area contributed by atoms with E-state index in [0.717, 1.165) is 62.0 Å². The summed E-state index contributed by atoms with van der Waals surface area (Å²) in [5.41, 5.74) is 3.40. The van der Waals surface area contributed by atoms with E-state index in [2.05, 4.69) is 28.0 Å². The zero-order valence-corrected chi connectivity index (χ0v) is 19.3. The minimum atomic E-state index is 0.188. The smallest absolute Gasteiger partial charge is 0.129 e. The quantitative estimate of drug-likeness (QED) is 0.625. The van der Waals surface area contributed by atoms with Crippen molar-refractivity contribution in [3.63, 3.8) is 0 Å². The van der Waals surface area contributed by atoms with E-state index >= 15 is 0 Å². The Kier molecular flexibility index (Phi) is 8.58. The normalized spacial score (nSPS) is 17.5. The summed E-state index contributed by atoms with van der Waals surface area (Å²) in [4.78, 5) is 4.93. The number of aliphatic hydroxyl groups is 1. The van der Waals surface area contributed by atoms with E-state index in [1.54, 1.807) is 14.2 Å². The van der Waals surface area contributed by atoms with Gasteiger partial charge in [-0.25, -0.2) is 0 Å². The maximum absolute atomic E-state index is 9.69. The first-order valence-electron chi connectivity index (χ1n) is 11.1. The molecule has 0 saturated carbocycles. The maximum atomic E-state index is 9.69. The Balaban J connectivity index is 1.71. The van der Waals surface area contributed by atoms with Gasteiger partial charge in [-0.2, -0.15) is 0 Å². The molecule has 0 radical (unpaired) electrons. The molecule has 0 spiro atoms. The summed E-state index contributed by atoms with van der Waals surface area (Å²) in [5.74, 6) is 2.69. The second-order valence-corrected chi connectivity index (χ2v) is 8.00. The van der Waals surface area contributed by atoms with Crippen molar-refractivity contribution in [1.29, 1.82) is 0 Å². The first-order valence-corrected chi connectivity index (χ1v) is 11.1. The number of rotatable bonds is 10. The summed E-state index contributed by atoms with van der Waals surface area (Å²) in [6.45, 7) is 9.36. The molecular weight excluding hydrogens is 392 g/mol. The van der Waals surface area contributed by atoms with E-state index in [0.29, 0.717) is 12.6 Å². The second-order valence-electron chi connectivity index (χ2n) is 8.00. The molecule has 2 aromatic rings. The van der Waals surface area contributed by atoms with Crippen LogP contribution < -0.4 is 14.2 Å². The summed E-state index contributed by atoms with van der Waals surface area (Å²) >= 11 is 0. The van der Waals surface area contributed by atoms with Gasteiger partial charge in [-0.1, -0.05) is 24.3 Å². The molecule has 1 aliphatic rings. The van der Waals surface area contributed by atoms with Crippen LogP contribution in [0.1, 0.15) is 30.0 Å². The Bertz CT molecular complexity index is 842. The second kappa shape index (κ2) is 11.4. The maximum Gasteiger partial charge on any atom is 0.129 e. The van der Waals surface area contributed by atoms with E-state index in [1.807, 2.05) is 32.0 Å². The molecule has 1 unspecified atom stereocenters. The lowest BCUT2D eigenvalue weighted by Crippen LogP contribution is -2.52. The van der Waals surface area contributed by atoms with Crippen LogP contribution in [-0.2, 0) is 13.1 Å². The molecule has 0 aliphatic carbocycles. The van der Waals surface area contributed by atoms with Gasteiger partial charge in [-0.3, -0.25) is 9.80 Å². The fraction of sp³-hybridized carbons (Fsp3) is 0.520. The molecule has 6 nitrogen and oxygen atoms in total. The SMILES string of the molecule is CCOc1ccccc1CN1CCN(Cc2ccc(OC)c(C)c2OC)CC1CCO. The fourth-order valence-corrected chi connectivity index (χ4v) is 4.48. The van der Waals surface area contributed by atoms with Crippen LogP contribution in [-0.4, -0.2) is 68.0 Å². The lowest BCUT2D eigenvalue weighted by molar-refractivity contribution is 0.0490. The highest BCUT2D eigenvalue weighted by Gasteiger charge is 2.28. The molecular formula is C25H36N2O4. The number of piperazine rings is 1. The molecule has 0 bridgehead atoms. The average Bonchev–Trinajstić information content (AvgIpc) is 2.77. The third-order valence-corrected chi connectivity index (χ3v) is 6.05. The molecule has 1 aliphatic heterocycles. The van der Waals surface area contributed by atoms with Crippen LogP contribution in [0.5, 0.6) is 17.2 Å². The van der Waals surface area contributed by atoms with Crippen molar-refractivity contribution >= 4 is 0 Å². The van der Waals surface area contributed by atoms with Crippen molar-refractivity contribution < 1.29 is 19.3 Å². The monoisotopic (exact) mass is 428 g/mol. The third-order valence-electron chi connectivity index (χ3n) is 6.05. The van der Waals surface area contributed by atoms with Gasteiger partial charge in [0.15, 0.2) is 0 Å². The molecule has 2 aromatic carbocycles. The molecule has 0 amide bonds. The van der Waals surface area contributed by atoms with Crippen LogP contribution in [0.2, 0.25) is 0 Å². The lowest BCUT2D eigenvalue weighted by atomic mass is 10.0. The molecule has 1 heterocycles. The van der Waals surface area contributed by atoms with E-state index in [1.165, 1.54) is 11.1 Å². The summed E-state index contributed by atoms with van der Waals surface area (Å²) in [5, 5.41) is 9.69. The first-order chi connectivity index (χ1) is 15.1. The molecule has 0 aromatic heterocycles. The number of hydrogen-bond acceptors (Lipinski definition) is 6. The van der Waals surface area contributed by atoms with Gasteiger partial charge in [0.05, 0.1) is 20.8 Å². The van der Waals surface area contributed by atoms with E-state index < -0.39 is 0 Å². The average molecular weight is 429 g/mol. The predicted octanol–water partition coefficient (Wildman–Crippen LogP) is 3.48. The standard InChI is InChI=1S/C25H36N2O4/c1-5-31-24-9-7-6-8-20(24)17-27-14-13-26(18-22(27)12-15-28)16-21-10-11-23(29-3)19(2)25(21)30-4/h6-11,22,28H,5,12-18H2,1-4H3. The van der Waals surface area contributed by atoms with E-state index in [-0.39, 0.29) is 6.61 Å². The Morgan fingerprint density at radius 2 is 1.77 bits per heavy atom. The largest absolute Gasteiger partial charge is 0.496 e. The van der Waals surface area contributed by atoms with Gasteiger partial charge in [0.25, 0.3) is 0 Å². The van der Waals surface area contributed by atoms with Crippen LogP contribution in [0.4, 0.5) is 0 Å². The highest BCUT2D eigenvalue weighted by atomic mass is 16.5. The Hall–Kier alpha value is -2.28. The molecule has 1 fully saturated rings. The number of para-hydroxylation sites is 1.